The van der Waals surface area contributed by atoms with E-state index in [1.807, 2.05) is 11.6 Å². The van der Waals surface area contributed by atoms with Crippen LogP contribution in [0.2, 0.25) is 0 Å². The van der Waals surface area contributed by atoms with Crippen molar-refractivity contribution < 1.29 is 9.50 Å². The van der Waals surface area contributed by atoms with Crippen molar-refractivity contribution in [3.05, 3.63) is 29.3 Å². The normalized spacial score (nSPS) is 11.2. The molecule has 3 nitrogen and oxygen atoms in total. The number of rotatable bonds is 2. The second-order valence-electron chi connectivity index (χ2n) is 3.65. The first-order chi connectivity index (χ1) is 7.13. The highest BCUT2D eigenvalue weighted by atomic mass is 19.1. The van der Waals surface area contributed by atoms with Gasteiger partial charge in [-0.2, -0.15) is 0 Å². The Morgan fingerprint density at radius 2 is 2.20 bits per heavy atom. The average Bonchev–Trinajstić information content (AvgIpc) is 2.47. The van der Waals surface area contributed by atoms with E-state index < -0.39 is 0 Å². The molecular formula is C11H13FN2O. The van der Waals surface area contributed by atoms with E-state index >= 15 is 0 Å². The summed E-state index contributed by atoms with van der Waals surface area (Å²) in [7, 11) is 1.83. The summed E-state index contributed by atoms with van der Waals surface area (Å²) >= 11 is 0. The number of halogens is 1. The van der Waals surface area contributed by atoms with Gasteiger partial charge in [0, 0.05) is 19.5 Å². The molecule has 0 aliphatic rings. The molecule has 0 unspecified atom stereocenters. The van der Waals surface area contributed by atoms with Crippen LogP contribution in [0, 0.1) is 12.7 Å². The van der Waals surface area contributed by atoms with Crippen LogP contribution in [0.3, 0.4) is 0 Å². The molecule has 2 aromatic rings. The first kappa shape index (κ1) is 10.1. The van der Waals surface area contributed by atoms with E-state index in [2.05, 4.69) is 4.98 Å². The fourth-order valence-electron chi connectivity index (χ4n) is 1.69. The van der Waals surface area contributed by atoms with Crippen molar-refractivity contribution in [1.29, 1.82) is 0 Å². The quantitative estimate of drug-likeness (QED) is 0.813. The van der Waals surface area contributed by atoms with Gasteiger partial charge >= 0.3 is 0 Å². The van der Waals surface area contributed by atoms with Crippen LogP contribution in [0.5, 0.6) is 0 Å². The Kier molecular flexibility index (Phi) is 2.44. The highest BCUT2D eigenvalue weighted by Crippen LogP contribution is 2.19. The van der Waals surface area contributed by atoms with Gasteiger partial charge in [-0.15, -0.1) is 0 Å². The largest absolute Gasteiger partial charge is 0.396 e. The molecule has 0 radical (unpaired) electrons. The van der Waals surface area contributed by atoms with E-state index in [0.29, 0.717) is 12.0 Å². The number of hydrogen-bond donors (Lipinski definition) is 1. The van der Waals surface area contributed by atoms with E-state index in [4.69, 9.17) is 5.11 Å². The lowest BCUT2D eigenvalue weighted by atomic mass is 10.2. The highest BCUT2D eigenvalue weighted by molar-refractivity contribution is 5.77. The molecule has 80 valence electrons. The lowest BCUT2D eigenvalue weighted by Crippen LogP contribution is -2.00. The lowest BCUT2D eigenvalue weighted by molar-refractivity contribution is 0.295. The minimum Gasteiger partial charge on any atom is -0.396 e. The Morgan fingerprint density at radius 3 is 2.87 bits per heavy atom. The van der Waals surface area contributed by atoms with Crippen LogP contribution in [0.4, 0.5) is 4.39 Å². The van der Waals surface area contributed by atoms with Crippen molar-refractivity contribution in [2.45, 2.75) is 13.3 Å². The Balaban J connectivity index is 2.66. The van der Waals surface area contributed by atoms with E-state index in [1.165, 1.54) is 6.07 Å². The highest BCUT2D eigenvalue weighted by Gasteiger charge is 2.09. The molecule has 0 bridgehead atoms. The van der Waals surface area contributed by atoms with Gasteiger partial charge in [0.1, 0.15) is 11.6 Å². The SMILES string of the molecule is Cc1cc2nc(CCO)n(C)c2cc1F. The topological polar surface area (TPSA) is 38.1 Å². The zero-order chi connectivity index (χ0) is 11.0. The van der Waals surface area contributed by atoms with Crippen LogP contribution in [-0.2, 0) is 13.5 Å². The molecule has 15 heavy (non-hydrogen) atoms. The van der Waals surface area contributed by atoms with E-state index in [9.17, 15) is 4.39 Å². The summed E-state index contributed by atoms with van der Waals surface area (Å²) in [4.78, 5) is 4.34. The zero-order valence-electron chi connectivity index (χ0n) is 8.79. The van der Waals surface area contributed by atoms with Crippen LogP contribution >= 0.6 is 0 Å². The summed E-state index contributed by atoms with van der Waals surface area (Å²) in [5.41, 5.74) is 2.14. The number of aromatic nitrogens is 2. The van der Waals surface area contributed by atoms with Crippen molar-refractivity contribution >= 4 is 11.0 Å². The van der Waals surface area contributed by atoms with Crippen LogP contribution < -0.4 is 0 Å². The number of nitrogens with zero attached hydrogens (tertiary/aromatic N) is 2. The van der Waals surface area contributed by atoms with Crippen molar-refractivity contribution in [1.82, 2.24) is 9.55 Å². The van der Waals surface area contributed by atoms with Gasteiger partial charge in [0.2, 0.25) is 0 Å². The van der Waals surface area contributed by atoms with Crippen LogP contribution in [0.25, 0.3) is 11.0 Å². The fourth-order valence-corrected chi connectivity index (χ4v) is 1.69. The molecule has 0 aliphatic carbocycles. The third-order valence-corrected chi connectivity index (χ3v) is 2.59. The van der Waals surface area contributed by atoms with Gasteiger partial charge in [-0.05, 0) is 18.6 Å². The third kappa shape index (κ3) is 1.61. The first-order valence-corrected chi connectivity index (χ1v) is 4.86. The predicted octanol–water partition coefficient (Wildman–Crippen LogP) is 1.56. The molecule has 0 saturated heterocycles. The molecule has 0 saturated carbocycles. The van der Waals surface area contributed by atoms with Crippen molar-refractivity contribution in [2.24, 2.45) is 7.05 Å². The standard InChI is InChI=1S/C11H13FN2O/c1-7-5-9-10(6-8(7)12)14(2)11(13-9)3-4-15/h5-6,15H,3-4H2,1-2H3. The molecular weight excluding hydrogens is 195 g/mol. The lowest BCUT2D eigenvalue weighted by Gasteiger charge is -2.00. The number of fused-ring (bicyclic) bond motifs is 1. The number of benzene rings is 1. The summed E-state index contributed by atoms with van der Waals surface area (Å²) < 4.78 is 15.1. The second kappa shape index (κ2) is 3.62. The van der Waals surface area contributed by atoms with Gasteiger partial charge < -0.3 is 9.67 Å². The van der Waals surface area contributed by atoms with Gasteiger partial charge in [-0.3, -0.25) is 0 Å². The first-order valence-electron chi connectivity index (χ1n) is 4.86. The van der Waals surface area contributed by atoms with Gasteiger partial charge in [-0.1, -0.05) is 0 Å². The third-order valence-electron chi connectivity index (χ3n) is 2.59. The Labute approximate surface area is 87.2 Å². The van der Waals surface area contributed by atoms with E-state index in [1.54, 1.807) is 13.0 Å². The maximum atomic E-state index is 13.3. The number of hydrogen-bond acceptors (Lipinski definition) is 2. The Morgan fingerprint density at radius 1 is 1.47 bits per heavy atom. The maximum Gasteiger partial charge on any atom is 0.128 e. The second-order valence-corrected chi connectivity index (χ2v) is 3.65. The maximum absolute atomic E-state index is 13.3. The summed E-state index contributed by atoms with van der Waals surface area (Å²) in [5.74, 6) is 0.554. The van der Waals surface area contributed by atoms with Crippen LogP contribution in [0.15, 0.2) is 12.1 Å². The van der Waals surface area contributed by atoms with E-state index in [0.717, 1.165) is 16.9 Å². The smallest absolute Gasteiger partial charge is 0.128 e. The molecule has 0 amide bonds. The molecule has 1 heterocycles. The van der Waals surface area contributed by atoms with E-state index in [-0.39, 0.29) is 12.4 Å². The average molecular weight is 208 g/mol. The van der Waals surface area contributed by atoms with Crippen LogP contribution in [-0.4, -0.2) is 21.3 Å². The number of aliphatic hydroxyl groups excluding tert-OH is 1. The van der Waals surface area contributed by atoms with Crippen molar-refractivity contribution in [3.8, 4) is 0 Å². The zero-order valence-corrected chi connectivity index (χ0v) is 8.79. The van der Waals surface area contributed by atoms with Gasteiger partial charge in [0.15, 0.2) is 0 Å². The number of aliphatic hydroxyl groups is 1. The van der Waals surface area contributed by atoms with Crippen molar-refractivity contribution in [3.63, 3.8) is 0 Å². The fraction of sp³-hybridized carbons (Fsp3) is 0.364. The Bertz CT molecular complexity index is 505. The van der Waals surface area contributed by atoms with Gasteiger partial charge in [0.05, 0.1) is 17.6 Å². The van der Waals surface area contributed by atoms with Gasteiger partial charge in [-0.25, -0.2) is 9.37 Å². The number of aryl methyl sites for hydroxylation is 2. The molecule has 0 aliphatic heterocycles. The molecule has 2 rings (SSSR count). The molecule has 0 atom stereocenters. The monoisotopic (exact) mass is 208 g/mol. The van der Waals surface area contributed by atoms with Crippen molar-refractivity contribution in [2.75, 3.05) is 6.61 Å². The minimum atomic E-state index is -0.221. The van der Waals surface area contributed by atoms with Crippen LogP contribution in [0.1, 0.15) is 11.4 Å². The Hall–Kier alpha value is -1.42. The molecule has 1 N–H and O–H groups in total. The molecule has 1 aromatic carbocycles. The predicted molar refractivity (Wildman–Crippen MR) is 56.2 cm³/mol. The molecule has 0 spiro atoms. The summed E-state index contributed by atoms with van der Waals surface area (Å²) in [6, 6.07) is 3.21. The minimum absolute atomic E-state index is 0.0542. The summed E-state index contributed by atoms with van der Waals surface area (Å²) in [6.07, 6.45) is 0.492. The number of imidazole rings is 1. The summed E-state index contributed by atoms with van der Waals surface area (Å²) in [5, 5.41) is 8.85. The molecule has 1 aromatic heterocycles. The molecule has 0 fully saturated rings. The summed E-state index contributed by atoms with van der Waals surface area (Å²) in [6.45, 7) is 1.77. The van der Waals surface area contributed by atoms with Gasteiger partial charge in [0.25, 0.3) is 0 Å². The molecule has 4 heteroatoms.